The van der Waals surface area contributed by atoms with Crippen LogP contribution in [0, 0.1) is 5.92 Å². The van der Waals surface area contributed by atoms with Gasteiger partial charge < -0.3 is 14.7 Å². The molecule has 0 radical (unpaired) electrons. The zero-order chi connectivity index (χ0) is 13.9. The Kier molecular flexibility index (Phi) is 4.85. The maximum atomic E-state index is 12.2. The molecule has 19 heavy (non-hydrogen) atoms. The second kappa shape index (κ2) is 6.23. The number of methoxy groups -OCH3 is 1. The fraction of sp³-hybridized carbons (Fsp3) is 0.933. The number of nitrogens with zero attached hydrogens (tertiary/aromatic N) is 1. The molecule has 2 rings (SSSR count). The van der Waals surface area contributed by atoms with E-state index in [4.69, 9.17) is 4.74 Å². The molecule has 0 aromatic heterocycles. The van der Waals surface area contributed by atoms with Gasteiger partial charge in [-0.2, -0.15) is 0 Å². The molecular weight excluding hydrogens is 242 g/mol. The van der Waals surface area contributed by atoms with Crippen LogP contribution in [0.4, 0.5) is 0 Å². The first-order valence-electron chi connectivity index (χ1n) is 7.57. The molecule has 1 aliphatic heterocycles. The van der Waals surface area contributed by atoms with Crippen molar-refractivity contribution in [3.05, 3.63) is 0 Å². The molecule has 2 aliphatic rings. The van der Waals surface area contributed by atoms with Gasteiger partial charge in [0.1, 0.15) is 0 Å². The van der Waals surface area contributed by atoms with Crippen molar-refractivity contribution in [1.82, 2.24) is 4.90 Å². The van der Waals surface area contributed by atoms with Crippen molar-refractivity contribution in [3.63, 3.8) is 0 Å². The maximum Gasteiger partial charge on any atom is 0.225 e. The van der Waals surface area contributed by atoms with E-state index in [0.29, 0.717) is 13.0 Å². The van der Waals surface area contributed by atoms with Gasteiger partial charge in [-0.05, 0) is 32.6 Å². The third kappa shape index (κ3) is 3.29. The van der Waals surface area contributed by atoms with Crippen LogP contribution < -0.4 is 0 Å². The van der Waals surface area contributed by atoms with Gasteiger partial charge in [-0.1, -0.05) is 12.8 Å². The quantitative estimate of drug-likeness (QED) is 0.848. The highest BCUT2D eigenvalue weighted by Gasteiger charge is 2.44. The van der Waals surface area contributed by atoms with E-state index in [9.17, 15) is 9.90 Å². The van der Waals surface area contributed by atoms with Crippen LogP contribution in [0.15, 0.2) is 0 Å². The Bertz CT molecular complexity index is 317. The van der Waals surface area contributed by atoms with Crippen molar-refractivity contribution in [3.8, 4) is 0 Å². The van der Waals surface area contributed by atoms with Crippen LogP contribution in [-0.4, -0.2) is 47.8 Å². The van der Waals surface area contributed by atoms with Crippen molar-refractivity contribution in [2.75, 3.05) is 20.3 Å². The lowest BCUT2D eigenvalue weighted by molar-refractivity contribution is -0.137. The topological polar surface area (TPSA) is 49.8 Å². The van der Waals surface area contributed by atoms with Gasteiger partial charge in [-0.3, -0.25) is 4.79 Å². The summed E-state index contributed by atoms with van der Waals surface area (Å²) >= 11 is 0. The number of carbonyl (C=O) groups excluding carboxylic acids is 1. The van der Waals surface area contributed by atoms with Gasteiger partial charge in [-0.15, -0.1) is 0 Å². The van der Waals surface area contributed by atoms with E-state index in [-0.39, 0.29) is 17.9 Å². The van der Waals surface area contributed by atoms with Gasteiger partial charge in [-0.25, -0.2) is 0 Å². The minimum absolute atomic E-state index is 0.186. The Morgan fingerprint density at radius 3 is 2.84 bits per heavy atom. The molecule has 0 aromatic carbocycles. The summed E-state index contributed by atoms with van der Waals surface area (Å²) in [6.45, 7) is 3.29. The number of carbonyl (C=O) groups is 1. The molecule has 1 amide bonds. The van der Waals surface area contributed by atoms with Crippen molar-refractivity contribution in [2.45, 2.75) is 63.5 Å². The Morgan fingerprint density at radius 1 is 1.37 bits per heavy atom. The third-order valence-corrected chi connectivity index (χ3v) is 4.85. The number of hydrogen-bond acceptors (Lipinski definition) is 3. The van der Waals surface area contributed by atoms with Crippen molar-refractivity contribution >= 4 is 5.91 Å². The van der Waals surface area contributed by atoms with Crippen LogP contribution in [0.5, 0.6) is 0 Å². The summed E-state index contributed by atoms with van der Waals surface area (Å²) in [5, 5.41) is 10.6. The first-order valence-corrected chi connectivity index (χ1v) is 7.57. The first-order chi connectivity index (χ1) is 9.06. The predicted molar refractivity (Wildman–Crippen MR) is 73.8 cm³/mol. The Morgan fingerprint density at radius 2 is 2.16 bits per heavy atom. The number of likely N-dealkylation sites (tertiary alicyclic amines) is 1. The van der Waals surface area contributed by atoms with Crippen molar-refractivity contribution in [2.24, 2.45) is 5.92 Å². The van der Waals surface area contributed by atoms with Crippen LogP contribution >= 0.6 is 0 Å². The van der Waals surface area contributed by atoms with E-state index in [1.54, 1.807) is 7.11 Å². The van der Waals surface area contributed by atoms with Gasteiger partial charge in [0.05, 0.1) is 18.6 Å². The Hall–Kier alpha value is -0.610. The number of rotatable bonds is 4. The fourth-order valence-corrected chi connectivity index (χ4v) is 3.80. The van der Waals surface area contributed by atoms with E-state index in [1.165, 1.54) is 6.42 Å². The summed E-state index contributed by atoms with van der Waals surface area (Å²) in [7, 11) is 1.63. The number of aliphatic hydroxyl groups is 1. The molecule has 2 fully saturated rings. The minimum atomic E-state index is -0.604. The van der Waals surface area contributed by atoms with Gasteiger partial charge in [0.25, 0.3) is 0 Å². The fourth-order valence-electron chi connectivity index (χ4n) is 3.80. The average molecular weight is 269 g/mol. The summed E-state index contributed by atoms with van der Waals surface area (Å²) in [4.78, 5) is 14.2. The van der Waals surface area contributed by atoms with Crippen LogP contribution in [-0.2, 0) is 9.53 Å². The molecule has 4 heteroatoms. The summed E-state index contributed by atoms with van der Waals surface area (Å²) < 4.78 is 5.00. The second-order valence-electron chi connectivity index (χ2n) is 6.25. The van der Waals surface area contributed by atoms with E-state index < -0.39 is 5.60 Å². The molecule has 1 saturated carbocycles. The molecule has 0 spiro atoms. The molecule has 1 saturated heterocycles. The highest BCUT2D eigenvalue weighted by Crippen LogP contribution is 2.40. The Labute approximate surface area is 116 Å². The van der Waals surface area contributed by atoms with Crippen LogP contribution in [0.1, 0.15) is 51.9 Å². The van der Waals surface area contributed by atoms with Crippen LogP contribution in [0.2, 0.25) is 0 Å². The molecular formula is C15H27NO3. The summed E-state index contributed by atoms with van der Waals surface area (Å²) in [6.07, 6.45) is 6.77. The number of hydrogen-bond donors (Lipinski definition) is 1. The standard InChI is InChI=1S/C15H27NO3/c1-15(18)9-4-3-6-12(15)13-7-5-10-16(13)14(17)8-11-19-2/h12-13,18H,3-11H2,1-2H3/t12-,13+,15+/m0/s1. The van der Waals surface area contributed by atoms with E-state index in [2.05, 4.69) is 0 Å². The van der Waals surface area contributed by atoms with Gasteiger partial charge in [0.2, 0.25) is 5.91 Å². The predicted octanol–water partition coefficient (Wildman–Crippen LogP) is 1.96. The monoisotopic (exact) mass is 269 g/mol. The SMILES string of the molecule is COCCC(=O)N1CCC[C@@H]1[C@@H]1CCCC[C@@]1(C)O. The average Bonchev–Trinajstić information content (AvgIpc) is 2.84. The van der Waals surface area contributed by atoms with E-state index in [0.717, 1.165) is 38.6 Å². The molecule has 4 nitrogen and oxygen atoms in total. The lowest BCUT2D eigenvalue weighted by atomic mass is 9.72. The molecule has 1 heterocycles. The Balaban J connectivity index is 2.03. The summed E-state index contributed by atoms with van der Waals surface area (Å²) in [6, 6.07) is 0.236. The van der Waals surface area contributed by atoms with Crippen LogP contribution in [0.3, 0.4) is 0 Å². The number of amides is 1. The molecule has 3 atom stereocenters. The third-order valence-electron chi connectivity index (χ3n) is 4.85. The zero-order valence-electron chi connectivity index (χ0n) is 12.2. The molecule has 1 N–H and O–H groups in total. The van der Waals surface area contributed by atoms with Crippen molar-refractivity contribution in [1.29, 1.82) is 0 Å². The van der Waals surface area contributed by atoms with Gasteiger partial charge in [0, 0.05) is 25.6 Å². The summed E-state index contributed by atoms with van der Waals surface area (Å²) in [5.74, 6) is 0.431. The smallest absolute Gasteiger partial charge is 0.225 e. The van der Waals surface area contributed by atoms with Gasteiger partial charge in [0.15, 0.2) is 0 Å². The van der Waals surface area contributed by atoms with Crippen LogP contribution in [0.25, 0.3) is 0 Å². The number of ether oxygens (including phenoxy) is 1. The lowest BCUT2D eigenvalue weighted by Gasteiger charge is -2.43. The molecule has 110 valence electrons. The minimum Gasteiger partial charge on any atom is -0.390 e. The highest BCUT2D eigenvalue weighted by molar-refractivity contribution is 5.77. The molecule has 0 unspecified atom stereocenters. The highest BCUT2D eigenvalue weighted by atomic mass is 16.5. The first kappa shape index (κ1) is 14.8. The molecule has 0 aromatic rings. The van der Waals surface area contributed by atoms with E-state index >= 15 is 0 Å². The zero-order valence-corrected chi connectivity index (χ0v) is 12.2. The van der Waals surface area contributed by atoms with Crippen molar-refractivity contribution < 1.29 is 14.6 Å². The molecule has 1 aliphatic carbocycles. The normalized spacial score (nSPS) is 35.6. The lowest BCUT2D eigenvalue weighted by Crippen LogP contribution is -2.50. The second-order valence-corrected chi connectivity index (χ2v) is 6.25. The maximum absolute atomic E-state index is 12.2. The molecule has 0 bridgehead atoms. The van der Waals surface area contributed by atoms with Gasteiger partial charge >= 0.3 is 0 Å². The largest absolute Gasteiger partial charge is 0.390 e. The summed E-state index contributed by atoms with van der Waals surface area (Å²) in [5.41, 5.74) is -0.604. The van der Waals surface area contributed by atoms with E-state index in [1.807, 2.05) is 11.8 Å².